The van der Waals surface area contributed by atoms with Gasteiger partial charge in [-0.05, 0) is 54.4 Å². The summed E-state index contributed by atoms with van der Waals surface area (Å²) in [6, 6.07) is 17.9. The molecule has 5 rings (SSSR count). The van der Waals surface area contributed by atoms with Gasteiger partial charge >= 0.3 is 6.18 Å². The molecule has 3 aromatic rings. The number of hydrogen-bond acceptors (Lipinski definition) is 7. The standard InChI is InChI=1S/C34H35Cl2F3N4O4S/c1-3-47-29-22-23(14-15-33(37,38)39)4-13-28(29)34(32(44)43-18-16-42(17-19-43)20-21-48(2,45)46)40-30(24-5-9-26(35)10-6-24)31(41-34)25-7-11-27(36)12-8-25/h4-13,22,30-31,40-41H,3,16-21H2,1-2H3/t30-,31+,34?. The van der Waals surface area contributed by atoms with Crippen LogP contribution in [0.25, 0.3) is 0 Å². The van der Waals surface area contributed by atoms with Crippen molar-refractivity contribution >= 4 is 38.9 Å². The number of benzene rings is 3. The molecule has 8 nitrogen and oxygen atoms in total. The van der Waals surface area contributed by atoms with Crippen LogP contribution in [0.2, 0.25) is 10.0 Å². The molecule has 0 spiro atoms. The fourth-order valence-electron chi connectivity index (χ4n) is 6.00. The van der Waals surface area contributed by atoms with Crippen molar-refractivity contribution in [2.75, 3.05) is 51.3 Å². The Balaban J connectivity index is 1.60. The third-order valence-corrected chi connectivity index (χ3v) is 9.76. The number of carbonyl (C=O) groups excluding carboxylic acids is 1. The van der Waals surface area contributed by atoms with E-state index in [1.54, 1.807) is 42.2 Å². The summed E-state index contributed by atoms with van der Waals surface area (Å²) < 4.78 is 68.4. The van der Waals surface area contributed by atoms with E-state index < -0.39 is 33.8 Å². The average molecular weight is 724 g/mol. The highest BCUT2D eigenvalue weighted by molar-refractivity contribution is 7.90. The molecule has 256 valence electrons. The predicted octanol–water partition coefficient (Wildman–Crippen LogP) is 5.32. The van der Waals surface area contributed by atoms with Gasteiger partial charge in [0.05, 0.1) is 24.4 Å². The molecule has 14 heteroatoms. The first kappa shape index (κ1) is 36.0. The van der Waals surface area contributed by atoms with E-state index in [1.165, 1.54) is 24.3 Å². The smallest absolute Gasteiger partial charge is 0.458 e. The summed E-state index contributed by atoms with van der Waals surface area (Å²) >= 11 is 12.5. The lowest BCUT2D eigenvalue weighted by atomic mass is 9.95. The largest absolute Gasteiger partial charge is 0.493 e. The molecule has 0 radical (unpaired) electrons. The van der Waals surface area contributed by atoms with Crippen molar-refractivity contribution in [3.63, 3.8) is 0 Å². The van der Waals surface area contributed by atoms with Gasteiger partial charge in [-0.15, -0.1) is 0 Å². The molecule has 2 heterocycles. The van der Waals surface area contributed by atoms with Crippen molar-refractivity contribution in [2.24, 2.45) is 0 Å². The molecule has 0 bridgehead atoms. The van der Waals surface area contributed by atoms with E-state index in [4.69, 9.17) is 27.9 Å². The Morgan fingerprint density at radius 1 is 0.938 bits per heavy atom. The molecule has 0 aromatic heterocycles. The van der Waals surface area contributed by atoms with Gasteiger partial charge in [0, 0.05) is 66.1 Å². The van der Waals surface area contributed by atoms with Crippen molar-refractivity contribution in [1.29, 1.82) is 0 Å². The van der Waals surface area contributed by atoms with Crippen LogP contribution in [0.5, 0.6) is 5.75 Å². The Morgan fingerprint density at radius 2 is 1.48 bits per heavy atom. The third kappa shape index (κ3) is 8.64. The number of nitrogens with zero attached hydrogens (tertiary/aromatic N) is 2. The molecule has 48 heavy (non-hydrogen) atoms. The van der Waals surface area contributed by atoms with Gasteiger partial charge in [0.25, 0.3) is 5.91 Å². The lowest BCUT2D eigenvalue weighted by Crippen LogP contribution is -2.62. The lowest BCUT2D eigenvalue weighted by molar-refractivity contribution is -0.141. The molecular weight excluding hydrogens is 688 g/mol. The third-order valence-electron chi connectivity index (χ3n) is 8.33. The molecule has 2 fully saturated rings. The number of ether oxygens (including phenoxy) is 1. The van der Waals surface area contributed by atoms with Crippen LogP contribution in [-0.4, -0.2) is 81.6 Å². The summed E-state index contributed by atoms with van der Waals surface area (Å²) in [6.07, 6.45) is -3.49. The van der Waals surface area contributed by atoms with E-state index >= 15 is 0 Å². The fourth-order valence-corrected chi connectivity index (χ4v) is 6.84. The highest BCUT2D eigenvalue weighted by Gasteiger charge is 2.54. The number of alkyl halides is 3. The minimum atomic E-state index is -4.68. The number of halogens is 5. The molecule has 2 saturated heterocycles. The van der Waals surface area contributed by atoms with Crippen LogP contribution in [0.15, 0.2) is 66.7 Å². The summed E-state index contributed by atoms with van der Waals surface area (Å²) in [5, 5.41) is 8.24. The first-order chi connectivity index (χ1) is 22.7. The van der Waals surface area contributed by atoms with Crippen molar-refractivity contribution in [3.8, 4) is 17.6 Å². The first-order valence-electron chi connectivity index (χ1n) is 15.3. The summed E-state index contributed by atoms with van der Waals surface area (Å²) in [5.41, 5.74) is 0.504. The minimum Gasteiger partial charge on any atom is -0.493 e. The number of sulfone groups is 1. The zero-order chi connectivity index (χ0) is 34.7. The Morgan fingerprint density at radius 3 is 1.96 bits per heavy atom. The van der Waals surface area contributed by atoms with Crippen molar-refractivity contribution in [1.82, 2.24) is 20.4 Å². The van der Waals surface area contributed by atoms with Gasteiger partial charge in [-0.3, -0.25) is 20.3 Å². The van der Waals surface area contributed by atoms with Gasteiger partial charge in [0.15, 0.2) is 5.66 Å². The highest BCUT2D eigenvalue weighted by atomic mass is 35.5. The maximum Gasteiger partial charge on any atom is 0.458 e. The molecule has 1 unspecified atom stereocenters. The van der Waals surface area contributed by atoms with E-state index in [9.17, 15) is 26.4 Å². The first-order valence-corrected chi connectivity index (χ1v) is 18.1. The summed E-state index contributed by atoms with van der Waals surface area (Å²) in [5.74, 6) is 3.33. The van der Waals surface area contributed by atoms with Gasteiger partial charge < -0.3 is 9.64 Å². The van der Waals surface area contributed by atoms with E-state index in [0.717, 1.165) is 11.1 Å². The second-order valence-electron chi connectivity index (χ2n) is 11.8. The highest BCUT2D eigenvalue weighted by Crippen LogP contribution is 2.45. The summed E-state index contributed by atoms with van der Waals surface area (Å²) in [6.45, 7) is 3.84. The summed E-state index contributed by atoms with van der Waals surface area (Å²) in [4.78, 5) is 18.6. The predicted molar refractivity (Wildman–Crippen MR) is 180 cm³/mol. The maximum absolute atomic E-state index is 14.9. The quantitative estimate of drug-likeness (QED) is 0.289. The maximum atomic E-state index is 14.9. The summed E-state index contributed by atoms with van der Waals surface area (Å²) in [7, 11) is -3.15. The van der Waals surface area contributed by atoms with Crippen molar-refractivity contribution in [3.05, 3.63) is 99.0 Å². The number of piperazine rings is 1. The molecule has 3 aromatic carbocycles. The second-order valence-corrected chi connectivity index (χ2v) is 14.9. The Hall–Kier alpha value is -3.31. The Kier molecular flexibility index (Phi) is 11.0. The number of hydrogen-bond donors (Lipinski definition) is 2. The SMILES string of the molecule is CCOc1cc(C#CC(F)(F)F)ccc1C1(C(=O)N2CCN(CCS(C)(=O)=O)CC2)N[C@H](c2ccc(Cl)cc2)[C@H](c2ccc(Cl)cc2)N1. The van der Waals surface area contributed by atoms with Crippen LogP contribution < -0.4 is 15.4 Å². The number of amides is 1. The van der Waals surface area contributed by atoms with Gasteiger partial charge in [0.2, 0.25) is 0 Å². The van der Waals surface area contributed by atoms with E-state index in [2.05, 4.69) is 16.6 Å². The molecule has 2 N–H and O–H groups in total. The van der Waals surface area contributed by atoms with E-state index in [0.29, 0.717) is 48.3 Å². The van der Waals surface area contributed by atoms with Gasteiger partial charge in [-0.25, -0.2) is 8.42 Å². The normalized spacial score (nSPS) is 21.9. The zero-order valence-electron chi connectivity index (χ0n) is 26.3. The van der Waals surface area contributed by atoms with Gasteiger partial charge in [-0.1, -0.05) is 59.5 Å². The van der Waals surface area contributed by atoms with Crippen LogP contribution in [0.3, 0.4) is 0 Å². The van der Waals surface area contributed by atoms with Crippen LogP contribution in [-0.2, 0) is 20.3 Å². The molecule has 0 saturated carbocycles. The van der Waals surface area contributed by atoms with Crippen LogP contribution in [0.4, 0.5) is 13.2 Å². The Labute approximate surface area is 288 Å². The van der Waals surface area contributed by atoms with Gasteiger partial charge in [0.1, 0.15) is 15.6 Å². The fraction of sp³-hybridized carbons (Fsp3) is 0.382. The van der Waals surface area contributed by atoms with Crippen LogP contribution in [0.1, 0.15) is 41.3 Å². The van der Waals surface area contributed by atoms with Crippen LogP contribution in [0, 0.1) is 11.8 Å². The number of carbonyl (C=O) groups is 1. The topological polar surface area (TPSA) is 91.0 Å². The van der Waals surface area contributed by atoms with E-state index in [-0.39, 0.29) is 29.6 Å². The molecule has 2 aliphatic rings. The number of rotatable bonds is 9. The molecule has 0 aliphatic carbocycles. The zero-order valence-corrected chi connectivity index (χ0v) is 28.6. The Bertz CT molecular complexity index is 1730. The van der Waals surface area contributed by atoms with E-state index in [1.807, 2.05) is 29.2 Å². The monoisotopic (exact) mass is 722 g/mol. The molecule has 1 amide bonds. The molecule has 3 atom stereocenters. The number of nitrogens with one attached hydrogen (secondary N) is 2. The van der Waals surface area contributed by atoms with Crippen molar-refractivity contribution in [2.45, 2.75) is 30.8 Å². The molecule has 2 aliphatic heterocycles. The van der Waals surface area contributed by atoms with Crippen molar-refractivity contribution < 1.29 is 31.1 Å². The minimum absolute atomic E-state index is 0.0147. The average Bonchev–Trinajstić information content (AvgIpc) is 3.45. The van der Waals surface area contributed by atoms with Gasteiger partial charge in [-0.2, -0.15) is 13.2 Å². The lowest BCUT2D eigenvalue weighted by Gasteiger charge is -2.40. The molecular formula is C34H35Cl2F3N4O4S. The second kappa shape index (κ2) is 14.7. The van der Waals surface area contributed by atoms with Crippen LogP contribution >= 0.6 is 23.2 Å².